The number of aliphatic hydroxyl groups is 1. The minimum atomic E-state index is -1.26. The highest BCUT2D eigenvalue weighted by Gasteiger charge is 2.21. The minimum Gasteiger partial charge on any atom is -0.385 e. The summed E-state index contributed by atoms with van der Waals surface area (Å²) < 4.78 is 25.9. The number of Topliss-reactive ketones (excluding diaryl/α,β-unsaturated/α-hetero) is 1. The van der Waals surface area contributed by atoms with Crippen molar-refractivity contribution in [2.24, 2.45) is 0 Å². The number of carbonyl (C=O) groups is 1. The fourth-order valence-electron chi connectivity index (χ4n) is 1.28. The van der Waals surface area contributed by atoms with Crippen molar-refractivity contribution in [3.63, 3.8) is 0 Å². The third kappa shape index (κ3) is 2.59. The van der Waals surface area contributed by atoms with Crippen LogP contribution in [0.25, 0.3) is 0 Å². The number of ketones is 1. The molecule has 2 nitrogen and oxygen atoms in total. The van der Waals surface area contributed by atoms with Crippen LogP contribution in [0.4, 0.5) is 8.78 Å². The summed E-state index contributed by atoms with van der Waals surface area (Å²) in [6, 6.07) is 3.34. The van der Waals surface area contributed by atoms with Crippen LogP contribution in [0.1, 0.15) is 30.1 Å². The summed E-state index contributed by atoms with van der Waals surface area (Å²) in [5, 5.41) is 9.35. The molecule has 0 amide bonds. The van der Waals surface area contributed by atoms with Gasteiger partial charge in [-0.2, -0.15) is 0 Å². The van der Waals surface area contributed by atoms with Crippen molar-refractivity contribution in [2.75, 3.05) is 0 Å². The monoisotopic (exact) mass is 214 g/mol. The van der Waals surface area contributed by atoms with Crippen molar-refractivity contribution in [1.29, 1.82) is 0 Å². The number of rotatable bonds is 4. The molecular formula is C11H12F2O2. The molecule has 4 heteroatoms. The van der Waals surface area contributed by atoms with Gasteiger partial charge in [0.05, 0.1) is 5.56 Å². The van der Waals surface area contributed by atoms with E-state index in [9.17, 15) is 18.7 Å². The maximum atomic E-state index is 13.1. The summed E-state index contributed by atoms with van der Waals surface area (Å²) in [7, 11) is 0. The van der Waals surface area contributed by atoms with E-state index < -0.39 is 29.1 Å². The van der Waals surface area contributed by atoms with Gasteiger partial charge in [-0.05, 0) is 18.6 Å². The van der Waals surface area contributed by atoms with E-state index in [1.807, 2.05) is 0 Å². The van der Waals surface area contributed by atoms with Gasteiger partial charge in [-0.15, -0.1) is 0 Å². The number of halogens is 2. The standard InChI is InChI=1S/C11H12F2O2/c1-2-4-9(14)11(15)7-5-3-6-8(12)10(7)13/h3,5-6,9,14H,2,4H2,1H3. The minimum absolute atomic E-state index is 0.245. The molecule has 0 fully saturated rings. The van der Waals surface area contributed by atoms with Crippen LogP contribution in [0.5, 0.6) is 0 Å². The number of hydrogen-bond acceptors (Lipinski definition) is 2. The van der Waals surface area contributed by atoms with Gasteiger partial charge in [0, 0.05) is 0 Å². The Bertz CT molecular complexity index is 364. The lowest BCUT2D eigenvalue weighted by Gasteiger charge is -2.08. The first-order valence-corrected chi connectivity index (χ1v) is 4.74. The van der Waals surface area contributed by atoms with Crippen molar-refractivity contribution in [3.8, 4) is 0 Å². The summed E-state index contributed by atoms with van der Waals surface area (Å²) in [4.78, 5) is 11.5. The van der Waals surface area contributed by atoms with E-state index in [0.717, 1.165) is 6.07 Å². The topological polar surface area (TPSA) is 37.3 Å². The largest absolute Gasteiger partial charge is 0.385 e. The summed E-state index contributed by atoms with van der Waals surface area (Å²) in [6.07, 6.45) is -0.412. The van der Waals surface area contributed by atoms with E-state index in [-0.39, 0.29) is 6.42 Å². The molecule has 0 aliphatic heterocycles. The third-order valence-corrected chi connectivity index (χ3v) is 2.08. The Labute approximate surface area is 86.5 Å². The maximum absolute atomic E-state index is 13.1. The van der Waals surface area contributed by atoms with E-state index in [4.69, 9.17) is 0 Å². The number of aliphatic hydroxyl groups excluding tert-OH is 1. The molecule has 0 heterocycles. The molecule has 0 aliphatic carbocycles. The molecule has 1 aromatic carbocycles. The van der Waals surface area contributed by atoms with Gasteiger partial charge in [0.25, 0.3) is 0 Å². The molecule has 1 N–H and O–H groups in total. The molecule has 1 rings (SSSR count). The second kappa shape index (κ2) is 4.98. The first-order valence-electron chi connectivity index (χ1n) is 4.74. The van der Waals surface area contributed by atoms with Crippen LogP contribution in [0.2, 0.25) is 0 Å². The summed E-state index contributed by atoms with van der Waals surface area (Å²) in [5.74, 6) is -3.05. The highest BCUT2D eigenvalue weighted by atomic mass is 19.2. The zero-order valence-corrected chi connectivity index (χ0v) is 8.34. The molecule has 0 spiro atoms. The van der Waals surface area contributed by atoms with Crippen LogP contribution in [-0.2, 0) is 0 Å². The predicted molar refractivity (Wildman–Crippen MR) is 51.6 cm³/mol. The Balaban J connectivity index is 2.96. The van der Waals surface area contributed by atoms with Crippen molar-refractivity contribution >= 4 is 5.78 Å². The van der Waals surface area contributed by atoms with E-state index in [1.165, 1.54) is 12.1 Å². The maximum Gasteiger partial charge on any atom is 0.194 e. The number of benzene rings is 1. The molecule has 0 bridgehead atoms. The smallest absolute Gasteiger partial charge is 0.194 e. The Hall–Kier alpha value is -1.29. The Morgan fingerprint density at radius 3 is 2.73 bits per heavy atom. The van der Waals surface area contributed by atoms with Crippen LogP contribution in [0, 0.1) is 11.6 Å². The van der Waals surface area contributed by atoms with Gasteiger partial charge in [0.2, 0.25) is 0 Å². The Morgan fingerprint density at radius 1 is 1.47 bits per heavy atom. The van der Waals surface area contributed by atoms with Gasteiger partial charge in [-0.25, -0.2) is 8.78 Å². The molecule has 82 valence electrons. The van der Waals surface area contributed by atoms with Crippen molar-refractivity contribution in [2.45, 2.75) is 25.9 Å². The summed E-state index contributed by atoms with van der Waals surface area (Å²) in [6.45, 7) is 1.79. The predicted octanol–water partition coefficient (Wildman–Crippen LogP) is 2.31. The fraction of sp³-hybridized carbons (Fsp3) is 0.364. The molecule has 0 aromatic heterocycles. The van der Waals surface area contributed by atoms with Gasteiger partial charge >= 0.3 is 0 Å². The van der Waals surface area contributed by atoms with Crippen molar-refractivity contribution in [1.82, 2.24) is 0 Å². The van der Waals surface area contributed by atoms with Crippen LogP contribution < -0.4 is 0 Å². The van der Waals surface area contributed by atoms with Crippen molar-refractivity contribution in [3.05, 3.63) is 35.4 Å². The third-order valence-electron chi connectivity index (χ3n) is 2.08. The van der Waals surface area contributed by atoms with E-state index >= 15 is 0 Å². The van der Waals surface area contributed by atoms with Gasteiger partial charge < -0.3 is 5.11 Å². The lowest BCUT2D eigenvalue weighted by Crippen LogP contribution is -2.21. The Morgan fingerprint density at radius 2 is 2.13 bits per heavy atom. The number of carbonyl (C=O) groups excluding carboxylic acids is 1. The van der Waals surface area contributed by atoms with Crippen LogP contribution in [-0.4, -0.2) is 17.0 Å². The molecule has 0 aliphatic rings. The van der Waals surface area contributed by atoms with E-state index in [1.54, 1.807) is 6.92 Å². The highest BCUT2D eigenvalue weighted by Crippen LogP contribution is 2.14. The molecule has 1 unspecified atom stereocenters. The average Bonchev–Trinajstić information content (AvgIpc) is 2.21. The van der Waals surface area contributed by atoms with Crippen LogP contribution in [0.15, 0.2) is 18.2 Å². The first kappa shape index (κ1) is 11.8. The highest BCUT2D eigenvalue weighted by molar-refractivity contribution is 5.99. The Kier molecular flexibility index (Phi) is 3.91. The van der Waals surface area contributed by atoms with Crippen LogP contribution >= 0.6 is 0 Å². The quantitative estimate of drug-likeness (QED) is 0.781. The zero-order chi connectivity index (χ0) is 11.4. The normalized spacial score (nSPS) is 12.5. The van der Waals surface area contributed by atoms with Gasteiger partial charge in [0.1, 0.15) is 6.10 Å². The SMILES string of the molecule is CCCC(O)C(=O)c1cccc(F)c1F. The van der Waals surface area contributed by atoms with Gasteiger partial charge in [-0.3, -0.25) is 4.79 Å². The molecule has 1 aromatic rings. The average molecular weight is 214 g/mol. The molecule has 15 heavy (non-hydrogen) atoms. The number of hydrogen-bond donors (Lipinski definition) is 1. The van der Waals surface area contributed by atoms with Gasteiger partial charge in [0.15, 0.2) is 17.4 Å². The molecular weight excluding hydrogens is 202 g/mol. The first-order chi connectivity index (χ1) is 7.07. The molecule has 0 saturated heterocycles. The van der Waals surface area contributed by atoms with Crippen LogP contribution in [0.3, 0.4) is 0 Å². The fourth-order valence-corrected chi connectivity index (χ4v) is 1.28. The second-order valence-electron chi connectivity index (χ2n) is 3.27. The van der Waals surface area contributed by atoms with Crippen molar-refractivity contribution < 1.29 is 18.7 Å². The summed E-state index contributed by atoms with van der Waals surface area (Å²) in [5.41, 5.74) is -0.393. The van der Waals surface area contributed by atoms with Gasteiger partial charge in [-0.1, -0.05) is 19.4 Å². The zero-order valence-electron chi connectivity index (χ0n) is 8.34. The molecule has 0 saturated carbocycles. The second-order valence-corrected chi connectivity index (χ2v) is 3.27. The lowest BCUT2D eigenvalue weighted by atomic mass is 10.0. The summed E-state index contributed by atoms with van der Waals surface area (Å²) >= 11 is 0. The lowest BCUT2D eigenvalue weighted by molar-refractivity contribution is 0.0724. The van der Waals surface area contributed by atoms with E-state index in [2.05, 4.69) is 0 Å². The molecule has 0 radical (unpaired) electrons. The van der Waals surface area contributed by atoms with E-state index in [0.29, 0.717) is 6.42 Å². The molecule has 1 atom stereocenters.